The molecule has 0 unspecified atom stereocenters. The van der Waals surface area contributed by atoms with Gasteiger partial charge in [0.15, 0.2) is 0 Å². The molecule has 6 N–H and O–H groups in total. The zero-order valence-corrected chi connectivity index (χ0v) is 37.2. The first-order valence-corrected chi connectivity index (χ1v) is 20.7. The fraction of sp³-hybridized carbons (Fsp3) is 0.500. The molecule has 0 aliphatic carbocycles. The summed E-state index contributed by atoms with van der Waals surface area (Å²) in [6.45, 7) is 16.5. The van der Waals surface area contributed by atoms with Crippen molar-refractivity contribution in [2.75, 3.05) is 49.9 Å². The Morgan fingerprint density at radius 2 is 0.951 bits per heavy atom. The highest BCUT2D eigenvalue weighted by molar-refractivity contribution is 5.68. The Hall–Kier alpha value is -5.59. The highest BCUT2D eigenvalue weighted by Gasteiger charge is 2.27. The third-order valence-corrected chi connectivity index (χ3v) is 9.52. The molecule has 0 aromatic heterocycles. The summed E-state index contributed by atoms with van der Waals surface area (Å²) in [5, 5.41) is 35.0. The number of carbonyl (C=O) groups excluding carboxylic acids is 2. The lowest BCUT2D eigenvalue weighted by Crippen LogP contribution is -3.00. The Balaban J connectivity index is 0.000000291. The summed E-state index contributed by atoms with van der Waals surface area (Å²) in [4.78, 5) is 27.1. The summed E-state index contributed by atoms with van der Waals surface area (Å²) in [5.41, 5.74) is 8.88. The summed E-state index contributed by atoms with van der Waals surface area (Å²) in [6, 6.07) is 27.8. The quantitative estimate of drug-likeness (QED) is 0.297. The first-order valence-electron chi connectivity index (χ1n) is 20.7. The van der Waals surface area contributed by atoms with Gasteiger partial charge in [0.2, 0.25) is 0 Å². The number of piperidine rings is 3. The van der Waals surface area contributed by atoms with Crippen LogP contribution in [0, 0.1) is 39.8 Å². The molecule has 0 saturated carbocycles. The predicted octanol–water partition coefficient (Wildman–Crippen LogP) is 4.11. The van der Waals surface area contributed by atoms with Gasteiger partial charge in [-0.05, 0) is 140 Å². The molecule has 3 aliphatic heterocycles. The van der Waals surface area contributed by atoms with E-state index >= 15 is 0 Å². The van der Waals surface area contributed by atoms with Crippen molar-refractivity contribution in [2.45, 2.75) is 109 Å². The van der Waals surface area contributed by atoms with Gasteiger partial charge in [-0.2, -0.15) is 15.8 Å². The highest BCUT2D eigenvalue weighted by Crippen LogP contribution is 2.20. The fourth-order valence-electron chi connectivity index (χ4n) is 6.29. The molecule has 330 valence electrons. The number of benzene rings is 3. The van der Waals surface area contributed by atoms with Crippen LogP contribution in [0.1, 0.15) is 96.8 Å². The van der Waals surface area contributed by atoms with Crippen LogP contribution < -0.4 is 34.1 Å². The lowest BCUT2D eigenvalue weighted by Gasteiger charge is -2.34. The molecule has 15 heteroatoms. The van der Waals surface area contributed by atoms with E-state index in [1.165, 1.54) is 50.2 Å². The van der Waals surface area contributed by atoms with Gasteiger partial charge < -0.3 is 53.4 Å². The van der Waals surface area contributed by atoms with Crippen LogP contribution in [0.2, 0.25) is 0 Å². The van der Waals surface area contributed by atoms with E-state index < -0.39 is 11.2 Å². The fourth-order valence-corrected chi connectivity index (χ4v) is 6.29. The third-order valence-electron chi connectivity index (χ3n) is 9.52. The maximum absolute atomic E-state index is 12.1. The Labute approximate surface area is 367 Å². The van der Waals surface area contributed by atoms with E-state index in [0.717, 1.165) is 55.7 Å². The summed E-state index contributed by atoms with van der Waals surface area (Å²) in [5.74, 6) is -0.311. The third kappa shape index (κ3) is 21.0. The minimum Gasteiger partial charge on any atom is -1.00 e. The molecule has 0 atom stereocenters. The SMILES string of the molecule is CC(C)(C)OC(=O)N1CCC(N)CC1.CC(C)(C)OC(=O)N1CCC(Nc2ccc(C#N)cc2)CC1.N#Cc1ccc(F)cc1.N#Cc1ccc(NC2CC[NH2+]CC2)cc1.[Cl-]. The monoisotopic (exact) mass is 859 g/mol. The number of amides is 2. The van der Waals surface area contributed by atoms with Crippen LogP contribution in [0.4, 0.5) is 25.4 Å². The summed E-state index contributed by atoms with van der Waals surface area (Å²) in [6.07, 6.45) is 5.52. The predicted molar refractivity (Wildman–Crippen MR) is 231 cm³/mol. The molecule has 2 amide bonds. The molecule has 0 bridgehead atoms. The van der Waals surface area contributed by atoms with Crippen molar-refractivity contribution >= 4 is 23.6 Å². The number of halogens is 2. The van der Waals surface area contributed by atoms with Crippen LogP contribution in [0.5, 0.6) is 0 Å². The zero-order valence-electron chi connectivity index (χ0n) is 36.4. The van der Waals surface area contributed by atoms with Crippen LogP contribution in [-0.4, -0.2) is 90.6 Å². The van der Waals surface area contributed by atoms with Crippen molar-refractivity contribution in [3.8, 4) is 18.2 Å². The number of hydrogen-bond donors (Lipinski definition) is 4. The van der Waals surface area contributed by atoms with Crippen molar-refractivity contribution < 1.29 is 41.2 Å². The molecule has 3 saturated heterocycles. The Kier molecular flexibility index (Phi) is 21.9. The van der Waals surface area contributed by atoms with E-state index in [4.69, 9.17) is 31.0 Å². The normalized spacial score (nSPS) is 15.7. The van der Waals surface area contributed by atoms with Crippen LogP contribution in [0.25, 0.3) is 0 Å². The zero-order chi connectivity index (χ0) is 44.1. The van der Waals surface area contributed by atoms with Gasteiger partial charge in [0.05, 0.1) is 48.0 Å². The molecule has 3 heterocycles. The van der Waals surface area contributed by atoms with E-state index in [1.54, 1.807) is 21.9 Å². The Morgan fingerprint density at radius 1 is 0.623 bits per heavy atom. The molecule has 3 aromatic carbocycles. The second kappa shape index (κ2) is 25.9. The van der Waals surface area contributed by atoms with Crippen molar-refractivity contribution in [3.63, 3.8) is 0 Å². The van der Waals surface area contributed by atoms with Crippen molar-refractivity contribution in [3.05, 3.63) is 95.3 Å². The average molecular weight is 861 g/mol. The van der Waals surface area contributed by atoms with Gasteiger partial charge in [-0.1, -0.05) is 0 Å². The van der Waals surface area contributed by atoms with E-state index in [-0.39, 0.29) is 36.5 Å². The molecule has 13 nitrogen and oxygen atoms in total. The summed E-state index contributed by atoms with van der Waals surface area (Å²) >= 11 is 0. The Morgan fingerprint density at radius 3 is 1.30 bits per heavy atom. The van der Waals surface area contributed by atoms with Gasteiger partial charge in [-0.15, -0.1) is 0 Å². The lowest BCUT2D eigenvalue weighted by atomic mass is 10.0. The largest absolute Gasteiger partial charge is 1.00 e. The van der Waals surface area contributed by atoms with Gasteiger partial charge in [0.25, 0.3) is 0 Å². The number of likely N-dealkylation sites (tertiary alicyclic amines) is 2. The van der Waals surface area contributed by atoms with Crippen LogP contribution in [0.3, 0.4) is 0 Å². The number of ether oxygens (including phenoxy) is 2. The lowest BCUT2D eigenvalue weighted by molar-refractivity contribution is -0.662. The number of nitrogens with zero attached hydrogens (tertiary/aromatic N) is 5. The van der Waals surface area contributed by atoms with Gasteiger partial charge in [0.1, 0.15) is 17.0 Å². The van der Waals surface area contributed by atoms with Crippen LogP contribution in [-0.2, 0) is 9.47 Å². The first kappa shape index (κ1) is 51.6. The average Bonchev–Trinajstić information content (AvgIpc) is 3.22. The molecule has 3 fully saturated rings. The second-order valence-corrected chi connectivity index (χ2v) is 17.0. The second-order valence-electron chi connectivity index (χ2n) is 17.0. The van der Waals surface area contributed by atoms with E-state index in [1.807, 2.05) is 84.0 Å². The summed E-state index contributed by atoms with van der Waals surface area (Å²) in [7, 11) is 0. The highest BCUT2D eigenvalue weighted by atomic mass is 35.5. The first-order chi connectivity index (χ1) is 28.5. The standard InChI is InChI=1S/C17H23N3O2.C12H15N3.C10H20N2O2.C7H4FN.ClH/c1-17(2,3)22-16(21)20-10-8-15(9-11-20)19-14-6-4-13(12-18)5-7-14;13-9-10-1-3-11(4-2-10)15-12-5-7-14-8-6-12;1-10(2,3)14-9(13)12-6-4-8(11)5-7-12;8-7-3-1-6(5-9)2-4-7;/h4-7,15,19H,8-11H2,1-3H3;1-4,12,14-15H,5-8H2;8H,4-7,11H2,1-3H3;1-4H;1H. The maximum Gasteiger partial charge on any atom is 0.410 e. The summed E-state index contributed by atoms with van der Waals surface area (Å²) < 4.78 is 22.8. The van der Waals surface area contributed by atoms with E-state index in [9.17, 15) is 14.0 Å². The smallest absolute Gasteiger partial charge is 0.410 e. The number of hydrogen-bond acceptors (Lipinski definition) is 10. The number of quaternary nitrogens is 1. The van der Waals surface area contributed by atoms with Crippen LogP contribution in [0.15, 0.2) is 72.8 Å². The molecule has 61 heavy (non-hydrogen) atoms. The van der Waals surface area contributed by atoms with Crippen molar-refractivity contribution in [1.29, 1.82) is 15.8 Å². The van der Waals surface area contributed by atoms with Gasteiger partial charge in [-0.25, -0.2) is 14.0 Å². The van der Waals surface area contributed by atoms with Crippen molar-refractivity contribution in [2.24, 2.45) is 5.73 Å². The molecule has 3 aromatic rings. The number of nitrogens with one attached hydrogen (secondary N) is 2. The number of rotatable bonds is 4. The molecule has 0 spiro atoms. The minimum atomic E-state index is -0.450. The maximum atomic E-state index is 12.1. The number of anilines is 2. The molecular formula is C46H63ClFN9O4. The number of nitriles is 3. The van der Waals surface area contributed by atoms with Gasteiger partial charge in [-0.3, -0.25) is 0 Å². The minimum absolute atomic E-state index is 0. The van der Waals surface area contributed by atoms with Crippen LogP contribution >= 0.6 is 0 Å². The number of nitrogens with two attached hydrogens (primary N) is 2. The van der Waals surface area contributed by atoms with Crippen molar-refractivity contribution in [1.82, 2.24) is 9.80 Å². The van der Waals surface area contributed by atoms with E-state index in [0.29, 0.717) is 36.3 Å². The molecule has 6 rings (SSSR count). The molecular weight excluding hydrogens is 797 g/mol. The Bertz CT molecular complexity index is 1880. The molecule has 0 radical (unpaired) electrons. The number of carbonyl (C=O) groups is 2. The van der Waals surface area contributed by atoms with Gasteiger partial charge in [0, 0.05) is 68.5 Å². The van der Waals surface area contributed by atoms with Gasteiger partial charge >= 0.3 is 12.2 Å². The molecule has 3 aliphatic rings. The van der Waals surface area contributed by atoms with E-state index in [2.05, 4.69) is 28.1 Å². The topological polar surface area (TPSA) is 197 Å².